The zero-order valence-corrected chi connectivity index (χ0v) is 18.9. The van der Waals surface area contributed by atoms with Gasteiger partial charge in [-0.1, -0.05) is 35.0 Å². The lowest BCUT2D eigenvalue weighted by atomic mass is 10.2. The molecule has 0 unspecified atom stereocenters. The molecule has 1 aromatic heterocycles. The molecule has 0 amide bonds. The molecule has 0 bridgehead atoms. The van der Waals surface area contributed by atoms with Gasteiger partial charge in [-0.3, -0.25) is 0 Å². The van der Waals surface area contributed by atoms with Gasteiger partial charge >= 0.3 is 5.97 Å². The fourth-order valence-corrected chi connectivity index (χ4v) is 3.66. The van der Waals surface area contributed by atoms with Crippen molar-refractivity contribution in [3.05, 3.63) is 69.6 Å². The fourth-order valence-electron chi connectivity index (χ4n) is 2.38. The van der Waals surface area contributed by atoms with Gasteiger partial charge in [0, 0.05) is 11.8 Å². The Bertz CT molecular complexity index is 1330. The number of benzene rings is 2. The molecule has 3 rings (SSSR count). The summed E-state index contributed by atoms with van der Waals surface area (Å²) < 4.78 is 28.8. The van der Waals surface area contributed by atoms with E-state index in [-0.39, 0.29) is 26.8 Å². The molecule has 0 saturated heterocycles. The summed E-state index contributed by atoms with van der Waals surface area (Å²) in [5, 5.41) is 13.4. The van der Waals surface area contributed by atoms with E-state index in [0.717, 1.165) is 6.26 Å². The molecule has 0 aliphatic rings. The third-order valence-corrected chi connectivity index (χ3v) is 6.14. The molecular weight excluding hydrogens is 512 g/mol. The molecule has 3 aromatic rings. The van der Waals surface area contributed by atoms with Gasteiger partial charge in [-0.25, -0.2) is 18.2 Å². The molecule has 160 valence electrons. The largest absolute Gasteiger partial charge is 0.477 e. The summed E-state index contributed by atoms with van der Waals surface area (Å²) in [6, 6.07) is 12.6. The van der Waals surface area contributed by atoms with Crippen LogP contribution in [-0.4, -0.2) is 41.6 Å². The van der Waals surface area contributed by atoms with E-state index >= 15 is 0 Å². The maximum absolute atomic E-state index is 11.8. The molecule has 0 atom stereocenters. The van der Waals surface area contributed by atoms with E-state index in [9.17, 15) is 18.3 Å². The first-order valence-electron chi connectivity index (χ1n) is 8.44. The van der Waals surface area contributed by atoms with Gasteiger partial charge in [0.05, 0.1) is 20.1 Å². The number of aromatic nitrogens is 2. The Hall–Kier alpha value is -3.02. The van der Waals surface area contributed by atoms with Crippen LogP contribution in [0.4, 0.5) is 5.69 Å². The normalized spacial score (nSPS) is 13.1. The number of sulfone groups is 1. The number of carboxylic acid groups (broad SMARTS) is 1. The second kappa shape index (κ2) is 9.00. The van der Waals surface area contributed by atoms with Crippen LogP contribution in [0.2, 0.25) is 5.02 Å². The van der Waals surface area contributed by atoms with Gasteiger partial charge < -0.3 is 15.4 Å². The highest BCUT2D eigenvalue weighted by Crippen LogP contribution is 2.28. The SMILES string of the molecule is CS(=O)(=O)c1cccc(-c2nc(C(=Nc3ccccc3Cl)C(Br)=C(N)C(=O)O)no2)c1. The monoisotopic (exact) mass is 524 g/mol. The van der Waals surface area contributed by atoms with Crippen molar-refractivity contribution in [2.75, 3.05) is 6.26 Å². The lowest BCUT2D eigenvalue weighted by Crippen LogP contribution is -2.16. The van der Waals surface area contributed by atoms with Crippen molar-refractivity contribution in [1.82, 2.24) is 10.1 Å². The highest BCUT2D eigenvalue weighted by atomic mass is 79.9. The number of hydrogen-bond acceptors (Lipinski definition) is 8. The highest BCUT2D eigenvalue weighted by molar-refractivity contribution is 9.12. The first-order chi connectivity index (χ1) is 14.6. The van der Waals surface area contributed by atoms with Crippen molar-refractivity contribution >= 4 is 54.7 Å². The number of hydrogen-bond donors (Lipinski definition) is 2. The van der Waals surface area contributed by atoms with E-state index in [2.05, 4.69) is 31.1 Å². The Morgan fingerprint density at radius 1 is 1.23 bits per heavy atom. The molecule has 3 N–H and O–H groups in total. The van der Waals surface area contributed by atoms with E-state index in [0.29, 0.717) is 16.3 Å². The van der Waals surface area contributed by atoms with Gasteiger partial charge in [0.1, 0.15) is 11.4 Å². The van der Waals surface area contributed by atoms with Crippen LogP contribution in [0.5, 0.6) is 0 Å². The van der Waals surface area contributed by atoms with Gasteiger partial charge in [0.25, 0.3) is 5.89 Å². The molecule has 1 heterocycles. The molecule has 0 radical (unpaired) electrons. The Labute approximate surface area is 190 Å². The zero-order chi connectivity index (χ0) is 22.8. The standard InChI is InChI=1S/C19H14BrClN4O5S/c1-31(28,29)11-6-4-5-10(9-11)18-24-17(25-30-18)16(14(20)15(22)19(26)27)23-13-8-3-2-7-12(13)21/h2-9H,22H2,1H3,(H,26,27). The Morgan fingerprint density at radius 3 is 2.58 bits per heavy atom. The van der Waals surface area contributed by atoms with Crippen molar-refractivity contribution in [2.24, 2.45) is 10.7 Å². The van der Waals surface area contributed by atoms with Crippen LogP contribution in [-0.2, 0) is 14.6 Å². The summed E-state index contributed by atoms with van der Waals surface area (Å²) in [6.07, 6.45) is 1.08. The van der Waals surface area contributed by atoms with Crippen LogP contribution < -0.4 is 5.73 Å². The third-order valence-electron chi connectivity index (χ3n) is 3.91. The van der Waals surface area contributed by atoms with Crippen molar-refractivity contribution in [2.45, 2.75) is 4.90 Å². The van der Waals surface area contributed by atoms with Crippen molar-refractivity contribution in [3.8, 4) is 11.5 Å². The quantitative estimate of drug-likeness (QED) is 0.366. The molecular formula is C19H14BrClN4O5S. The molecule has 31 heavy (non-hydrogen) atoms. The predicted octanol–water partition coefficient (Wildman–Crippen LogP) is 3.56. The second-order valence-corrected chi connectivity index (χ2v) is 9.38. The number of nitrogens with zero attached hydrogens (tertiary/aromatic N) is 3. The van der Waals surface area contributed by atoms with Crippen molar-refractivity contribution in [3.63, 3.8) is 0 Å². The number of halogens is 2. The number of carboxylic acids is 1. The van der Waals surface area contributed by atoms with Crippen molar-refractivity contribution < 1.29 is 22.8 Å². The number of carbonyl (C=O) groups is 1. The summed E-state index contributed by atoms with van der Waals surface area (Å²) >= 11 is 9.29. The fraction of sp³-hybridized carbons (Fsp3) is 0.0526. The van der Waals surface area contributed by atoms with E-state index < -0.39 is 21.5 Å². The minimum Gasteiger partial charge on any atom is -0.477 e. The average Bonchev–Trinajstić information content (AvgIpc) is 3.21. The number of rotatable bonds is 6. The van der Waals surface area contributed by atoms with Gasteiger partial charge in [-0.15, -0.1) is 0 Å². The van der Waals surface area contributed by atoms with Crippen LogP contribution in [0.25, 0.3) is 11.5 Å². The maximum Gasteiger partial charge on any atom is 0.353 e. The summed E-state index contributed by atoms with van der Waals surface area (Å²) in [6.45, 7) is 0. The van der Waals surface area contributed by atoms with Crippen LogP contribution in [0.15, 0.2) is 73.1 Å². The maximum atomic E-state index is 11.8. The summed E-state index contributed by atoms with van der Waals surface area (Å²) in [7, 11) is -3.45. The van der Waals surface area contributed by atoms with Crippen molar-refractivity contribution in [1.29, 1.82) is 0 Å². The van der Waals surface area contributed by atoms with E-state index in [1.807, 2.05) is 0 Å². The third kappa shape index (κ3) is 5.19. The van der Waals surface area contributed by atoms with Crippen LogP contribution >= 0.6 is 27.5 Å². The number of aliphatic imine (C=N–C) groups is 1. The summed E-state index contributed by atoms with van der Waals surface area (Å²) in [4.78, 5) is 20.0. The molecule has 0 aliphatic carbocycles. The predicted molar refractivity (Wildman–Crippen MR) is 118 cm³/mol. The Balaban J connectivity index is 2.15. The van der Waals surface area contributed by atoms with Crippen LogP contribution in [0.1, 0.15) is 5.82 Å². The Kier molecular flexibility index (Phi) is 6.58. The van der Waals surface area contributed by atoms with Gasteiger partial charge in [0.2, 0.25) is 5.82 Å². The van der Waals surface area contributed by atoms with Gasteiger partial charge in [-0.05, 0) is 46.3 Å². The number of aliphatic carboxylic acids is 1. The average molecular weight is 526 g/mol. The first kappa shape index (κ1) is 22.7. The molecule has 0 fully saturated rings. The van der Waals surface area contributed by atoms with Gasteiger partial charge in [-0.2, -0.15) is 4.98 Å². The number of para-hydroxylation sites is 1. The van der Waals surface area contributed by atoms with E-state index in [1.54, 1.807) is 30.3 Å². The van der Waals surface area contributed by atoms with Crippen LogP contribution in [0, 0.1) is 0 Å². The molecule has 0 aliphatic heterocycles. The number of nitrogens with two attached hydrogens (primary N) is 1. The molecule has 0 spiro atoms. The lowest BCUT2D eigenvalue weighted by molar-refractivity contribution is -0.132. The zero-order valence-electron chi connectivity index (χ0n) is 15.8. The second-order valence-electron chi connectivity index (χ2n) is 6.17. The Morgan fingerprint density at radius 2 is 1.94 bits per heavy atom. The smallest absolute Gasteiger partial charge is 0.353 e. The topological polar surface area (TPSA) is 149 Å². The van der Waals surface area contributed by atoms with Gasteiger partial charge in [0.15, 0.2) is 9.84 Å². The minimum absolute atomic E-state index is 0.00144. The first-order valence-corrected chi connectivity index (χ1v) is 11.5. The lowest BCUT2D eigenvalue weighted by Gasteiger charge is -2.05. The van der Waals surface area contributed by atoms with E-state index in [1.165, 1.54) is 18.2 Å². The molecule has 9 nitrogen and oxygen atoms in total. The van der Waals surface area contributed by atoms with E-state index in [4.69, 9.17) is 21.9 Å². The summed E-state index contributed by atoms with van der Waals surface area (Å²) in [5.74, 6) is -1.47. The molecule has 2 aromatic carbocycles. The minimum atomic E-state index is -3.45. The molecule has 12 heteroatoms. The highest BCUT2D eigenvalue weighted by Gasteiger charge is 2.22. The van der Waals surface area contributed by atoms with Crippen LogP contribution in [0.3, 0.4) is 0 Å². The molecule has 0 saturated carbocycles. The summed E-state index contributed by atoms with van der Waals surface area (Å²) in [5.41, 5.74) is 5.74. The number of allylic oxidation sites excluding steroid dienone is 1.